The molecule has 0 aliphatic carbocycles. The highest BCUT2D eigenvalue weighted by atomic mass is 79.9. The molecule has 0 bridgehead atoms. The molecule has 0 amide bonds. The van der Waals surface area contributed by atoms with Crippen LogP contribution in [0.4, 0.5) is 5.69 Å². The molecule has 13 heteroatoms. The van der Waals surface area contributed by atoms with Crippen LogP contribution in [0.15, 0.2) is 49.1 Å². The molecule has 1 aromatic carbocycles. The Kier molecular flexibility index (Phi) is 5.61. The van der Waals surface area contributed by atoms with Gasteiger partial charge in [0.1, 0.15) is 5.25 Å². The first-order chi connectivity index (χ1) is 14.6. The number of hydrogen-bond donors (Lipinski definition) is 2. The number of rotatable bonds is 4. The summed E-state index contributed by atoms with van der Waals surface area (Å²) in [5.41, 5.74) is 0.824. The van der Waals surface area contributed by atoms with Crippen molar-refractivity contribution in [3.8, 4) is 0 Å². The predicted molar refractivity (Wildman–Crippen MR) is 129 cm³/mol. The second-order valence-corrected chi connectivity index (χ2v) is 14.0. The highest BCUT2D eigenvalue weighted by molar-refractivity contribution is 9.10. The van der Waals surface area contributed by atoms with Crippen molar-refractivity contribution in [2.75, 3.05) is 13.1 Å². The highest BCUT2D eigenvalue weighted by Crippen LogP contribution is 2.58. The number of hydrogen-bond acceptors (Lipinski definition) is 6. The third-order valence-electron chi connectivity index (χ3n) is 5.73. The molecule has 7 nitrogen and oxygen atoms in total. The average molecular weight is 584 g/mol. The summed E-state index contributed by atoms with van der Waals surface area (Å²) < 4.78 is 37.7. The molecule has 0 saturated carbocycles. The number of halogens is 2. The van der Waals surface area contributed by atoms with Crippen molar-refractivity contribution in [2.24, 2.45) is 0 Å². The van der Waals surface area contributed by atoms with Gasteiger partial charge in [0.05, 0.1) is 28.3 Å². The van der Waals surface area contributed by atoms with E-state index in [1.54, 1.807) is 4.58 Å². The maximum absolute atomic E-state index is 12.2. The Morgan fingerprint density at radius 1 is 1.39 bits per heavy atom. The lowest BCUT2D eigenvalue weighted by Crippen LogP contribution is -2.66. The van der Waals surface area contributed by atoms with Gasteiger partial charge < -0.3 is 5.11 Å². The Labute approximate surface area is 205 Å². The number of nitrogens with zero attached hydrogens (tertiary/aromatic N) is 2. The van der Waals surface area contributed by atoms with Crippen LogP contribution >= 0.6 is 62.8 Å². The van der Waals surface area contributed by atoms with Gasteiger partial charge in [0.15, 0.2) is 10.7 Å². The van der Waals surface area contributed by atoms with Crippen LogP contribution in [0, 0.1) is 0 Å². The SMILES string of the molecule is O=C(O)C[N+]1=C(C=C2Sc3ccc(Br)cc3[N+]23CCC3S(=O)(=O)O)SC2C=C(Cl)SC21. The van der Waals surface area contributed by atoms with Crippen LogP contribution in [0.3, 0.4) is 0 Å². The van der Waals surface area contributed by atoms with Gasteiger partial charge in [-0.1, -0.05) is 27.5 Å². The molecule has 2 N–H and O–H groups in total. The zero-order chi connectivity index (χ0) is 22.1. The highest BCUT2D eigenvalue weighted by Gasteiger charge is 2.62. The Balaban J connectivity index is 1.64. The van der Waals surface area contributed by atoms with Crippen LogP contribution in [0.1, 0.15) is 6.42 Å². The van der Waals surface area contributed by atoms with Crippen molar-refractivity contribution in [2.45, 2.75) is 27.3 Å². The van der Waals surface area contributed by atoms with Crippen LogP contribution in [-0.2, 0) is 14.9 Å². The fourth-order valence-electron chi connectivity index (χ4n) is 4.38. The van der Waals surface area contributed by atoms with Crippen LogP contribution in [0.2, 0.25) is 0 Å². The summed E-state index contributed by atoms with van der Waals surface area (Å²) in [6, 6.07) is 5.73. The van der Waals surface area contributed by atoms with Gasteiger partial charge in [-0.05, 0) is 53.5 Å². The third kappa shape index (κ3) is 3.63. The standard InChI is InChI=1S/C18H14BrClN2O5S4/c19-9-1-2-11-10(5-9)22(4-3-16(22)31(25,26)27)15(29-11)7-14-21(8-17(23)24)18-12(28-14)6-13(20)30-18/h1-2,5-7,12,16,18H,3-4,8H2/p+2. The summed E-state index contributed by atoms with van der Waals surface area (Å²) in [4.78, 5) is 12.5. The van der Waals surface area contributed by atoms with Gasteiger partial charge in [-0.3, -0.25) is 4.55 Å². The Hall–Kier alpha value is -0.470. The Morgan fingerprint density at radius 3 is 2.81 bits per heavy atom. The molecule has 4 aliphatic heterocycles. The number of benzene rings is 1. The van der Waals surface area contributed by atoms with E-state index in [0.717, 1.165) is 25.1 Å². The molecular formula is C18H16BrClN2O5S4+2. The molecule has 5 rings (SSSR count). The second kappa shape index (κ2) is 7.79. The normalized spacial score (nSPS) is 32.9. The first-order valence-electron chi connectivity index (χ1n) is 9.20. The third-order valence-corrected chi connectivity index (χ3v) is 11.7. The minimum Gasteiger partial charge on any atom is -0.477 e. The number of aliphatic carboxylic acids is 1. The second-order valence-electron chi connectivity index (χ2n) is 7.47. The molecule has 4 atom stereocenters. The summed E-state index contributed by atoms with van der Waals surface area (Å²) in [5.74, 6) is -0.948. The van der Waals surface area contributed by atoms with Gasteiger partial charge in [0.25, 0.3) is 0 Å². The number of carboxylic acids is 1. The minimum atomic E-state index is -4.29. The van der Waals surface area contributed by atoms with Crippen molar-refractivity contribution in [1.29, 1.82) is 0 Å². The quantitative estimate of drug-likeness (QED) is 0.311. The van der Waals surface area contributed by atoms with Gasteiger partial charge >= 0.3 is 16.1 Å². The van der Waals surface area contributed by atoms with Gasteiger partial charge in [-0.2, -0.15) is 13.0 Å². The van der Waals surface area contributed by atoms with Crippen LogP contribution in [-0.4, -0.2) is 62.8 Å². The topological polar surface area (TPSA) is 94.7 Å². The molecule has 164 valence electrons. The number of carbonyl (C=O) groups is 1. The van der Waals surface area contributed by atoms with Gasteiger partial charge in [0.2, 0.25) is 22.3 Å². The first-order valence-corrected chi connectivity index (χ1v) is 14.4. The molecule has 4 aliphatic rings. The van der Waals surface area contributed by atoms with Crippen LogP contribution in [0.5, 0.6) is 0 Å². The summed E-state index contributed by atoms with van der Waals surface area (Å²) in [6.45, 7) is 0.361. The lowest BCUT2D eigenvalue weighted by atomic mass is 10.1. The van der Waals surface area contributed by atoms with Gasteiger partial charge in [-0.15, -0.1) is 0 Å². The average Bonchev–Trinajstić information content (AvgIpc) is 3.23. The number of carboxylic acid groups (broad SMARTS) is 1. The van der Waals surface area contributed by atoms with Gasteiger partial charge in [-0.25, -0.2) is 9.28 Å². The summed E-state index contributed by atoms with van der Waals surface area (Å²) in [6.07, 6.45) is 4.16. The summed E-state index contributed by atoms with van der Waals surface area (Å²) in [5, 5.41) is 9.90. The molecule has 1 fully saturated rings. The zero-order valence-electron chi connectivity index (χ0n) is 15.6. The number of fused-ring (bicyclic) bond motifs is 3. The summed E-state index contributed by atoms with van der Waals surface area (Å²) in [7, 11) is -4.29. The van der Waals surface area contributed by atoms with Crippen molar-refractivity contribution >= 4 is 89.6 Å². The number of quaternary nitrogens is 1. The molecular weight excluding hydrogens is 568 g/mol. The van der Waals surface area contributed by atoms with Crippen LogP contribution < -0.4 is 4.48 Å². The molecule has 1 aromatic rings. The molecule has 31 heavy (non-hydrogen) atoms. The van der Waals surface area contributed by atoms with E-state index in [2.05, 4.69) is 15.9 Å². The van der Waals surface area contributed by atoms with Crippen molar-refractivity contribution in [3.63, 3.8) is 0 Å². The predicted octanol–water partition coefficient (Wildman–Crippen LogP) is 4.09. The van der Waals surface area contributed by atoms with E-state index in [9.17, 15) is 22.9 Å². The van der Waals surface area contributed by atoms with Crippen LogP contribution in [0.25, 0.3) is 0 Å². The molecule has 0 radical (unpaired) electrons. The molecule has 4 heterocycles. The minimum absolute atomic E-state index is 0.0221. The van der Waals surface area contributed by atoms with Crippen molar-refractivity contribution < 1.29 is 27.4 Å². The molecule has 1 spiro atoms. The monoisotopic (exact) mass is 582 g/mol. The molecule has 0 aromatic heterocycles. The maximum atomic E-state index is 12.2. The van der Waals surface area contributed by atoms with E-state index in [1.165, 1.54) is 35.3 Å². The first kappa shape index (κ1) is 22.3. The van der Waals surface area contributed by atoms with E-state index in [4.69, 9.17) is 11.6 Å². The summed E-state index contributed by atoms with van der Waals surface area (Å²) >= 11 is 14.0. The smallest absolute Gasteiger partial charge is 0.369 e. The number of thioether (sulfide) groups is 3. The van der Waals surface area contributed by atoms with E-state index < -0.39 is 21.5 Å². The largest absolute Gasteiger partial charge is 0.477 e. The van der Waals surface area contributed by atoms with Crippen molar-refractivity contribution in [3.05, 3.63) is 44.2 Å². The Morgan fingerprint density at radius 2 is 2.16 bits per heavy atom. The Bertz CT molecular complexity index is 1220. The molecule has 4 unspecified atom stereocenters. The molecule has 1 saturated heterocycles. The fraction of sp³-hybridized carbons (Fsp3) is 0.333. The van der Waals surface area contributed by atoms with Gasteiger partial charge in [0, 0.05) is 10.5 Å². The maximum Gasteiger partial charge on any atom is 0.369 e. The van der Waals surface area contributed by atoms with E-state index in [-0.39, 0.29) is 21.7 Å². The van der Waals surface area contributed by atoms with E-state index in [0.29, 0.717) is 17.3 Å². The van der Waals surface area contributed by atoms with Crippen molar-refractivity contribution in [1.82, 2.24) is 4.48 Å². The lowest BCUT2D eigenvalue weighted by Gasteiger charge is -2.47. The van der Waals surface area contributed by atoms with E-state index in [1.807, 2.05) is 30.4 Å². The van der Waals surface area contributed by atoms with E-state index >= 15 is 0 Å². The zero-order valence-corrected chi connectivity index (χ0v) is 21.3. The fourth-order valence-corrected chi connectivity index (χ4v) is 10.6. The lowest BCUT2D eigenvalue weighted by molar-refractivity contribution is -0.523.